The van der Waals surface area contributed by atoms with E-state index < -0.39 is 0 Å². The molecule has 0 saturated heterocycles. The van der Waals surface area contributed by atoms with Gasteiger partial charge in [0.2, 0.25) is 5.13 Å². The minimum atomic E-state index is 0.250. The molecule has 0 spiro atoms. The number of thioether (sulfide) groups is 1. The van der Waals surface area contributed by atoms with Gasteiger partial charge in [-0.25, -0.2) is 9.67 Å². The molecule has 0 bridgehead atoms. The van der Waals surface area contributed by atoms with Crippen LogP contribution in [0, 0.1) is 6.92 Å². The lowest BCUT2D eigenvalue weighted by atomic mass is 10.1. The monoisotopic (exact) mass is 507 g/mol. The number of aromatic nitrogens is 5. The van der Waals surface area contributed by atoms with Gasteiger partial charge in [-0.15, -0.1) is 11.8 Å². The summed E-state index contributed by atoms with van der Waals surface area (Å²) in [5.74, 6) is 0. The Hall–Kier alpha value is -2.42. The summed E-state index contributed by atoms with van der Waals surface area (Å²) in [6, 6.07) is 5.62. The van der Waals surface area contributed by atoms with Crippen LogP contribution < -0.4 is 0 Å². The molecule has 0 fully saturated rings. The van der Waals surface area contributed by atoms with E-state index in [1.165, 1.54) is 0 Å². The van der Waals surface area contributed by atoms with Crippen molar-refractivity contribution in [1.82, 2.24) is 24.5 Å². The SMILES string of the molecule is Cc1nn(-c2nc(-c3ccc(Cl)c(Cl)c3)c(SC(C)C)s2)cc1-c1cnn(C)c1.O=C=O. The number of hydrogen-bond acceptors (Lipinski definition) is 7. The number of thiazole rings is 1. The summed E-state index contributed by atoms with van der Waals surface area (Å²) in [6.07, 6.45) is 6.09. The van der Waals surface area contributed by atoms with E-state index in [0.717, 1.165) is 37.4 Å². The molecule has 0 unspecified atom stereocenters. The van der Waals surface area contributed by atoms with Crippen LogP contribution in [0.15, 0.2) is 41.0 Å². The van der Waals surface area contributed by atoms with Gasteiger partial charge < -0.3 is 0 Å². The minimum absolute atomic E-state index is 0.250. The fraction of sp³-hybridized carbons (Fsp3) is 0.238. The van der Waals surface area contributed by atoms with E-state index in [1.54, 1.807) is 33.8 Å². The number of aryl methyl sites for hydroxylation is 2. The van der Waals surface area contributed by atoms with E-state index >= 15 is 0 Å². The van der Waals surface area contributed by atoms with Crippen LogP contribution in [0.4, 0.5) is 0 Å². The van der Waals surface area contributed by atoms with Crippen LogP contribution in [0.5, 0.6) is 0 Å². The average molecular weight is 508 g/mol. The van der Waals surface area contributed by atoms with Crippen molar-refractivity contribution in [1.29, 1.82) is 0 Å². The standard InChI is InChI=1S/C20H19Cl2N5S2.CO2/c1-11(2)28-19-18(13-5-6-16(21)17(22)7-13)24-20(29-19)27-10-15(12(3)25-27)14-8-23-26(4)9-14;2-1-3/h5-11H,1-4H3;. The molecule has 0 N–H and O–H groups in total. The Morgan fingerprint density at radius 1 is 1.12 bits per heavy atom. The topological polar surface area (TPSA) is 82.7 Å². The molecule has 4 aromatic rings. The fourth-order valence-corrected chi connectivity index (χ4v) is 5.66. The van der Waals surface area contributed by atoms with Crippen LogP contribution in [0.3, 0.4) is 0 Å². The first-order valence-corrected chi connectivity index (χ1v) is 11.9. The summed E-state index contributed by atoms with van der Waals surface area (Å²) < 4.78 is 4.76. The third-order valence-corrected chi connectivity index (χ3v) is 7.23. The Labute approximate surface area is 203 Å². The first kappa shape index (κ1) is 24.2. The van der Waals surface area contributed by atoms with Crippen LogP contribution in [0.25, 0.3) is 27.5 Å². The maximum absolute atomic E-state index is 8.12. The van der Waals surface area contributed by atoms with Gasteiger partial charge >= 0.3 is 6.15 Å². The van der Waals surface area contributed by atoms with Crippen molar-refractivity contribution in [3.05, 3.63) is 52.5 Å². The molecule has 0 amide bonds. The molecule has 0 aliphatic heterocycles. The number of carbonyl (C=O) groups excluding carboxylic acids is 2. The Kier molecular flexibility index (Phi) is 7.92. The van der Waals surface area contributed by atoms with Crippen molar-refractivity contribution in [2.24, 2.45) is 7.05 Å². The van der Waals surface area contributed by atoms with E-state index in [1.807, 2.05) is 49.4 Å². The summed E-state index contributed by atoms with van der Waals surface area (Å²) in [7, 11) is 1.91. The molecule has 0 saturated carbocycles. The molecule has 166 valence electrons. The van der Waals surface area contributed by atoms with E-state index in [2.05, 4.69) is 18.9 Å². The maximum atomic E-state index is 8.12. The lowest BCUT2D eigenvalue weighted by Gasteiger charge is -2.05. The lowest BCUT2D eigenvalue weighted by Crippen LogP contribution is -1.94. The summed E-state index contributed by atoms with van der Waals surface area (Å²) in [4.78, 5) is 21.2. The highest BCUT2D eigenvalue weighted by molar-refractivity contribution is 8.01. The first-order valence-electron chi connectivity index (χ1n) is 9.41. The van der Waals surface area contributed by atoms with Gasteiger partial charge in [0.1, 0.15) is 0 Å². The number of nitrogens with zero attached hydrogens (tertiary/aromatic N) is 5. The molecule has 0 atom stereocenters. The number of hydrogen-bond donors (Lipinski definition) is 0. The van der Waals surface area contributed by atoms with Crippen molar-refractivity contribution in [3.63, 3.8) is 0 Å². The Bertz CT molecular complexity index is 1270. The van der Waals surface area contributed by atoms with Crippen LogP contribution in [-0.2, 0) is 16.6 Å². The van der Waals surface area contributed by atoms with E-state index in [0.29, 0.717) is 15.3 Å². The van der Waals surface area contributed by atoms with Crippen molar-refractivity contribution in [2.45, 2.75) is 30.2 Å². The van der Waals surface area contributed by atoms with E-state index in [4.69, 9.17) is 42.9 Å². The third kappa shape index (κ3) is 5.49. The van der Waals surface area contributed by atoms with Crippen LogP contribution in [0.1, 0.15) is 19.5 Å². The van der Waals surface area contributed by atoms with Crippen molar-refractivity contribution in [2.75, 3.05) is 0 Å². The second-order valence-electron chi connectivity index (χ2n) is 6.99. The predicted octanol–water partition coefficient (Wildman–Crippen LogP) is 5.93. The predicted molar refractivity (Wildman–Crippen MR) is 128 cm³/mol. The van der Waals surface area contributed by atoms with Gasteiger partial charge in [0, 0.05) is 41.4 Å². The lowest BCUT2D eigenvalue weighted by molar-refractivity contribution is -0.191. The van der Waals surface area contributed by atoms with Gasteiger partial charge in [0.25, 0.3) is 0 Å². The van der Waals surface area contributed by atoms with Gasteiger partial charge in [0.05, 0.1) is 31.8 Å². The molecular formula is C21H19Cl2N5O2S2. The van der Waals surface area contributed by atoms with Gasteiger partial charge in [-0.05, 0) is 19.1 Å². The molecule has 3 aromatic heterocycles. The Morgan fingerprint density at radius 3 is 2.44 bits per heavy atom. The van der Waals surface area contributed by atoms with Crippen molar-refractivity contribution < 1.29 is 9.59 Å². The molecule has 4 rings (SSSR count). The second-order valence-corrected chi connectivity index (χ2v) is 10.6. The maximum Gasteiger partial charge on any atom is 0.373 e. The molecule has 32 heavy (non-hydrogen) atoms. The van der Waals surface area contributed by atoms with Crippen LogP contribution >= 0.6 is 46.3 Å². The zero-order valence-corrected chi connectivity index (χ0v) is 20.8. The highest BCUT2D eigenvalue weighted by atomic mass is 35.5. The van der Waals surface area contributed by atoms with Crippen molar-refractivity contribution in [3.8, 4) is 27.5 Å². The zero-order chi connectivity index (χ0) is 23.4. The molecule has 0 radical (unpaired) electrons. The highest BCUT2D eigenvalue weighted by Gasteiger charge is 2.19. The molecule has 1 aromatic carbocycles. The average Bonchev–Trinajstić information content (AvgIpc) is 3.43. The van der Waals surface area contributed by atoms with Crippen LogP contribution in [-0.4, -0.2) is 35.9 Å². The molecule has 0 aliphatic carbocycles. The summed E-state index contributed by atoms with van der Waals surface area (Å²) in [5, 5.41) is 11.3. The Morgan fingerprint density at radius 2 is 1.84 bits per heavy atom. The number of benzene rings is 1. The quantitative estimate of drug-likeness (QED) is 0.311. The van der Waals surface area contributed by atoms with E-state index in [-0.39, 0.29) is 6.15 Å². The van der Waals surface area contributed by atoms with Gasteiger partial charge in [-0.2, -0.15) is 19.8 Å². The molecular weight excluding hydrogens is 489 g/mol. The summed E-state index contributed by atoms with van der Waals surface area (Å²) in [6.45, 7) is 6.33. The van der Waals surface area contributed by atoms with Crippen LogP contribution in [0.2, 0.25) is 10.0 Å². The molecule has 11 heteroatoms. The normalized spacial score (nSPS) is 10.7. The number of halogens is 2. The first-order chi connectivity index (χ1) is 15.2. The summed E-state index contributed by atoms with van der Waals surface area (Å²) in [5.41, 5.74) is 4.86. The van der Waals surface area contributed by atoms with E-state index in [9.17, 15) is 0 Å². The zero-order valence-electron chi connectivity index (χ0n) is 17.7. The van der Waals surface area contributed by atoms with Gasteiger partial charge in [-0.1, -0.05) is 54.5 Å². The highest BCUT2D eigenvalue weighted by Crippen LogP contribution is 2.41. The van der Waals surface area contributed by atoms with Gasteiger partial charge in [-0.3, -0.25) is 4.68 Å². The largest absolute Gasteiger partial charge is 0.373 e. The summed E-state index contributed by atoms with van der Waals surface area (Å²) >= 11 is 15.8. The smallest absolute Gasteiger partial charge is 0.275 e. The second kappa shape index (κ2) is 10.5. The van der Waals surface area contributed by atoms with Crippen molar-refractivity contribution >= 4 is 52.5 Å². The minimum Gasteiger partial charge on any atom is -0.275 e. The molecule has 0 aliphatic rings. The van der Waals surface area contributed by atoms with Gasteiger partial charge in [0.15, 0.2) is 0 Å². The fourth-order valence-electron chi connectivity index (χ4n) is 2.91. The molecule has 7 nitrogen and oxygen atoms in total. The third-order valence-electron chi connectivity index (χ3n) is 4.23. The Balaban J connectivity index is 0.000000913. The number of rotatable bonds is 5. The molecule has 3 heterocycles.